The van der Waals surface area contributed by atoms with Crippen LogP contribution in [-0.4, -0.2) is 52.8 Å². The second-order valence-corrected chi connectivity index (χ2v) is 9.92. The van der Waals surface area contributed by atoms with Gasteiger partial charge in [-0.05, 0) is 45.9 Å². The van der Waals surface area contributed by atoms with E-state index in [-0.39, 0.29) is 0 Å². The summed E-state index contributed by atoms with van der Waals surface area (Å²) in [6.45, 7) is 9.65. The first-order valence-electron chi connectivity index (χ1n) is 6.87. The molecule has 1 rings (SSSR count). The van der Waals surface area contributed by atoms with Crippen molar-refractivity contribution in [1.29, 1.82) is 0 Å². The SMILES string of the molecule is CCC1CCCOC1[Si](C)(C)OCCN(C)C. The van der Waals surface area contributed by atoms with Crippen LogP contribution in [0.2, 0.25) is 13.1 Å². The summed E-state index contributed by atoms with van der Waals surface area (Å²) in [6, 6.07) is 0. The molecule has 0 amide bonds. The zero-order valence-corrected chi connectivity index (χ0v) is 13.2. The molecule has 1 saturated heterocycles. The average Bonchev–Trinajstić information content (AvgIpc) is 2.28. The summed E-state index contributed by atoms with van der Waals surface area (Å²) >= 11 is 0. The predicted octanol–water partition coefficient (Wildman–Crippen LogP) is 2.51. The maximum Gasteiger partial charge on any atom is 0.215 e. The molecular weight excluding hydrogens is 230 g/mol. The summed E-state index contributed by atoms with van der Waals surface area (Å²) in [6.07, 6.45) is 3.75. The Labute approximate surface area is 108 Å². The second-order valence-electron chi connectivity index (χ2n) is 5.86. The first-order valence-corrected chi connectivity index (χ1v) is 9.86. The number of ether oxygens (including phenoxy) is 1. The predicted molar refractivity (Wildman–Crippen MR) is 74.7 cm³/mol. The van der Waals surface area contributed by atoms with Gasteiger partial charge in [-0.3, -0.25) is 0 Å². The van der Waals surface area contributed by atoms with Gasteiger partial charge < -0.3 is 14.1 Å². The summed E-state index contributed by atoms with van der Waals surface area (Å²) in [7, 11) is 2.47. The van der Waals surface area contributed by atoms with E-state index in [1.54, 1.807) is 0 Å². The Kier molecular flexibility index (Phi) is 6.13. The Balaban J connectivity index is 2.48. The van der Waals surface area contributed by atoms with E-state index in [1.165, 1.54) is 19.3 Å². The molecule has 4 heteroatoms. The molecule has 1 aliphatic rings. The molecule has 0 aliphatic carbocycles. The number of likely N-dealkylation sites (N-methyl/N-ethyl adjacent to an activating group) is 1. The molecule has 0 spiro atoms. The Morgan fingerprint density at radius 3 is 2.65 bits per heavy atom. The topological polar surface area (TPSA) is 21.7 Å². The van der Waals surface area contributed by atoms with E-state index in [0.717, 1.165) is 19.8 Å². The van der Waals surface area contributed by atoms with Crippen LogP contribution in [0, 0.1) is 5.92 Å². The fourth-order valence-electron chi connectivity index (χ4n) is 2.60. The molecular formula is C13H29NO2Si. The Morgan fingerprint density at radius 1 is 1.35 bits per heavy atom. The number of rotatable bonds is 6. The van der Waals surface area contributed by atoms with Gasteiger partial charge >= 0.3 is 0 Å². The zero-order chi connectivity index (χ0) is 12.9. The quantitative estimate of drug-likeness (QED) is 0.684. The molecule has 0 radical (unpaired) electrons. The van der Waals surface area contributed by atoms with Crippen LogP contribution in [0.4, 0.5) is 0 Å². The molecule has 2 atom stereocenters. The van der Waals surface area contributed by atoms with Gasteiger partial charge in [-0.15, -0.1) is 0 Å². The zero-order valence-electron chi connectivity index (χ0n) is 12.2. The molecule has 102 valence electrons. The molecule has 2 unspecified atom stereocenters. The Bertz CT molecular complexity index is 221. The maximum atomic E-state index is 6.18. The van der Waals surface area contributed by atoms with Crippen LogP contribution >= 0.6 is 0 Å². The Hall–Kier alpha value is 0.0969. The summed E-state index contributed by atoms with van der Waals surface area (Å²) in [4.78, 5) is 2.17. The molecule has 1 heterocycles. The van der Waals surface area contributed by atoms with Crippen LogP contribution in [0.15, 0.2) is 0 Å². The summed E-state index contributed by atoms with van der Waals surface area (Å²) in [5.41, 5.74) is 0.392. The van der Waals surface area contributed by atoms with Crippen LogP contribution in [0.3, 0.4) is 0 Å². The molecule has 1 fully saturated rings. The normalized spacial score (nSPS) is 26.5. The first-order chi connectivity index (χ1) is 7.97. The van der Waals surface area contributed by atoms with Crippen molar-refractivity contribution < 1.29 is 9.16 Å². The maximum absolute atomic E-state index is 6.18. The van der Waals surface area contributed by atoms with Gasteiger partial charge in [-0.2, -0.15) is 0 Å². The van der Waals surface area contributed by atoms with Crippen molar-refractivity contribution in [2.24, 2.45) is 5.92 Å². The van der Waals surface area contributed by atoms with E-state index in [2.05, 4.69) is 39.0 Å². The number of hydrogen-bond acceptors (Lipinski definition) is 3. The summed E-state index contributed by atoms with van der Waals surface area (Å²) in [5, 5.41) is 0. The third-order valence-electron chi connectivity index (χ3n) is 3.67. The largest absolute Gasteiger partial charge is 0.413 e. The fourth-order valence-corrected chi connectivity index (χ4v) is 5.44. The van der Waals surface area contributed by atoms with Crippen LogP contribution in [0.1, 0.15) is 26.2 Å². The lowest BCUT2D eigenvalue weighted by molar-refractivity contribution is 0.00350. The smallest absolute Gasteiger partial charge is 0.215 e. The minimum absolute atomic E-state index is 0.392. The third kappa shape index (κ3) is 4.70. The highest BCUT2D eigenvalue weighted by atomic mass is 28.4. The van der Waals surface area contributed by atoms with Crippen molar-refractivity contribution in [3.63, 3.8) is 0 Å². The van der Waals surface area contributed by atoms with Crippen LogP contribution in [-0.2, 0) is 9.16 Å². The van der Waals surface area contributed by atoms with E-state index in [9.17, 15) is 0 Å². The van der Waals surface area contributed by atoms with Crippen molar-refractivity contribution in [3.8, 4) is 0 Å². The van der Waals surface area contributed by atoms with Gasteiger partial charge in [0, 0.05) is 19.8 Å². The van der Waals surface area contributed by atoms with E-state index in [0.29, 0.717) is 11.6 Å². The minimum Gasteiger partial charge on any atom is -0.413 e. The van der Waals surface area contributed by atoms with Gasteiger partial charge in [0.2, 0.25) is 8.32 Å². The van der Waals surface area contributed by atoms with E-state index in [4.69, 9.17) is 9.16 Å². The molecule has 0 aromatic rings. The second kappa shape index (κ2) is 6.88. The van der Waals surface area contributed by atoms with Gasteiger partial charge in [-0.25, -0.2) is 0 Å². The van der Waals surface area contributed by atoms with Crippen LogP contribution in [0.25, 0.3) is 0 Å². The van der Waals surface area contributed by atoms with Gasteiger partial charge in [0.1, 0.15) is 0 Å². The molecule has 17 heavy (non-hydrogen) atoms. The highest BCUT2D eigenvalue weighted by Crippen LogP contribution is 2.30. The van der Waals surface area contributed by atoms with Gasteiger partial charge in [0.05, 0.1) is 5.73 Å². The standard InChI is InChI=1S/C13H29NO2Si/c1-6-12-8-7-10-15-13(12)17(4,5)16-11-9-14(2)3/h12-13H,6-11H2,1-5H3. The number of hydrogen-bond donors (Lipinski definition) is 0. The number of nitrogens with zero attached hydrogens (tertiary/aromatic N) is 1. The molecule has 3 nitrogen and oxygen atoms in total. The molecule has 0 aromatic carbocycles. The van der Waals surface area contributed by atoms with E-state index in [1.807, 2.05) is 0 Å². The van der Waals surface area contributed by atoms with Crippen LogP contribution < -0.4 is 0 Å². The van der Waals surface area contributed by atoms with Gasteiger partial charge in [0.25, 0.3) is 0 Å². The highest BCUT2D eigenvalue weighted by molar-refractivity contribution is 6.72. The molecule has 1 aliphatic heterocycles. The lowest BCUT2D eigenvalue weighted by atomic mass is 9.99. The molecule has 0 aromatic heterocycles. The van der Waals surface area contributed by atoms with Gasteiger partial charge in [0.15, 0.2) is 0 Å². The van der Waals surface area contributed by atoms with Crippen LogP contribution in [0.5, 0.6) is 0 Å². The van der Waals surface area contributed by atoms with Crippen molar-refractivity contribution in [3.05, 3.63) is 0 Å². The summed E-state index contributed by atoms with van der Waals surface area (Å²) < 4.78 is 12.2. The third-order valence-corrected chi connectivity index (χ3v) is 6.62. The average molecular weight is 259 g/mol. The Morgan fingerprint density at radius 2 is 2.06 bits per heavy atom. The highest BCUT2D eigenvalue weighted by Gasteiger charge is 2.40. The lowest BCUT2D eigenvalue weighted by Gasteiger charge is -2.40. The van der Waals surface area contributed by atoms with Crippen molar-refractivity contribution in [1.82, 2.24) is 4.90 Å². The van der Waals surface area contributed by atoms with E-state index >= 15 is 0 Å². The fraction of sp³-hybridized carbons (Fsp3) is 1.00. The lowest BCUT2D eigenvalue weighted by Crippen LogP contribution is -2.53. The van der Waals surface area contributed by atoms with Crippen molar-refractivity contribution >= 4 is 8.32 Å². The monoisotopic (exact) mass is 259 g/mol. The molecule has 0 saturated carbocycles. The van der Waals surface area contributed by atoms with Gasteiger partial charge in [-0.1, -0.05) is 13.3 Å². The molecule has 0 bridgehead atoms. The van der Waals surface area contributed by atoms with E-state index < -0.39 is 8.32 Å². The molecule has 0 N–H and O–H groups in total. The summed E-state index contributed by atoms with van der Waals surface area (Å²) in [5.74, 6) is 0.713. The first kappa shape index (κ1) is 15.2. The van der Waals surface area contributed by atoms with Crippen molar-refractivity contribution in [2.75, 3.05) is 33.9 Å². The minimum atomic E-state index is -1.70. The van der Waals surface area contributed by atoms with Crippen molar-refractivity contribution in [2.45, 2.75) is 45.0 Å².